The van der Waals surface area contributed by atoms with Gasteiger partial charge in [0.15, 0.2) is 0 Å². The average Bonchev–Trinajstić information content (AvgIpc) is 2.50. The van der Waals surface area contributed by atoms with Gasteiger partial charge in [-0.1, -0.05) is 23.2 Å². The summed E-state index contributed by atoms with van der Waals surface area (Å²) in [5.41, 5.74) is 0.721. The number of anilines is 3. The number of nitrogens with one attached hydrogen (secondary N) is 2. The number of hydrogen-bond acceptors (Lipinski definition) is 5. The molecular formula is C16H21Cl2N5. The van der Waals surface area contributed by atoms with Crippen LogP contribution in [-0.4, -0.2) is 42.1 Å². The largest absolute Gasteiger partial charge is 0.370 e. The zero-order valence-electron chi connectivity index (χ0n) is 13.3. The number of rotatable bonds is 8. The number of halogens is 2. The van der Waals surface area contributed by atoms with E-state index in [9.17, 15) is 0 Å². The summed E-state index contributed by atoms with van der Waals surface area (Å²) in [4.78, 5) is 10.8. The third-order valence-corrected chi connectivity index (χ3v) is 3.72. The van der Waals surface area contributed by atoms with E-state index in [0.717, 1.165) is 37.4 Å². The minimum Gasteiger partial charge on any atom is -0.370 e. The van der Waals surface area contributed by atoms with Crippen molar-refractivity contribution in [3.8, 4) is 0 Å². The molecule has 0 aliphatic carbocycles. The van der Waals surface area contributed by atoms with Crippen molar-refractivity contribution in [2.45, 2.75) is 12.8 Å². The van der Waals surface area contributed by atoms with Crippen molar-refractivity contribution >= 4 is 40.7 Å². The van der Waals surface area contributed by atoms with Gasteiger partial charge >= 0.3 is 0 Å². The van der Waals surface area contributed by atoms with Gasteiger partial charge in [0.05, 0.1) is 10.7 Å². The molecule has 7 heteroatoms. The zero-order valence-corrected chi connectivity index (χ0v) is 14.8. The lowest BCUT2D eigenvalue weighted by molar-refractivity contribution is 0.396. The summed E-state index contributed by atoms with van der Waals surface area (Å²) < 4.78 is 0. The van der Waals surface area contributed by atoms with Crippen LogP contribution in [0.4, 0.5) is 17.5 Å². The number of benzene rings is 1. The Morgan fingerprint density at radius 3 is 2.70 bits per heavy atom. The summed E-state index contributed by atoms with van der Waals surface area (Å²) in [6.07, 6.45) is 3.95. The zero-order chi connectivity index (χ0) is 16.7. The molecule has 0 atom stereocenters. The summed E-state index contributed by atoms with van der Waals surface area (Å²) in [6.45, 7) is 1.97. The van der Waals surface area contributed by atoms with Crippen LogP contribution >= 0.6 is 23.2 Å². The van der Waals surface area contributed by atoms with Gasteiger partial charge in [-0.3, -0.25) is 0 Å². The molecule has 1 aromatic carbocycles. The highest BCUT2D eigenvalue weighted by Crippen LogP contribution is 2.27. The predicted molar refractivity (Wildman–Crippen MR) is 98.1 cm³/mol. The molecule has 1 aromatic heterocycles. The first-order valence-electron chi connectivity index (χ1n) is 7.48. The molecule has 0 amide bonds. The second kappa shape index (κ2) is 8.91. The van der Waals surface area contributed by atoms with Crippen molar-refractivity contribution in [2.24, 2.45) is 0 Å². The van der Waals surface area contributed by atoms with Gasteiger partial charge in [0.25, 0.3) is 0 Å². The average molecular weight is 354 g/mol. The number of hydrogen-bond donors (Lipinski definition) is 2. The monoisotopic (exact) mass is 353 g/mol. The Morgan fingerprint density at radius 2 is 1.96 bits per heavy atom. The van der Waals surface area contributed by atoms with Gasteiger partial charge in [-0.25, -0.2) is 4.98 Å². The molecule has 0 spiro atoms. The second-order valence-electron chi connectivity index (χ2n) is 5.45. The standard InChI is InChI=1S/C16H21Cl2N5/c1-23(2)10-4-3-8-19-15-7-9-20-16(22-15)21-14-6-5-12(17)11-13(14)18/h5-7,9,11H,3-4,8,10H2,1-2H3,(H2,19,20,21,22). The molecule has 23 heavy (non-hydrogen) atoms. The first kappa shape index (κ1) is 17.8. The predicted octanol–water partition coefficient (Wildman–Crippen LogP) is 4.28. The Morgan fingerprint density at radius 1 is 1.13 bits per heavy atom. The smallest absolute Gasteiger partial charge is 0.229 e. The Hall–Kier alpha value is -1.56. The van der Waals surface area contributed by atoms with Crippen LogP contribution in [0.25, 0.3) is 0 Å². The molecule has 0 saturated heterocycles. The minimum atomic E-state index is 0.493. The van der Waals surface area contributed by atoms with Crippen LogP contribution in [-0.2, 0) is 0 Å². The summed E-state index contributed by atoms with van der Waals surface area (Å²) in [5, 5.41) is 7.52. The van der Waals surface area contributed by atoms with E-state index in [1.165, 1.54) is 0 Å². The van der Waals surface area contributed by atoms with Gasteiger partial charge < -0.3 is 15.5 Å². The molecule has 0 radical (unpaired) electrons. The fourth-order valence-electron chi connectivity index (χ4n) is 2.00. The highest BCUT2D eigenvalue weighted by Gasteiger charge is 2.04. The van der Waals surface area contributed by atoms with Crippen molar-refractivity contribution in [1.82, 2.24) is 14.9 Å². The Labute approximate surface area is 147 Å². The second-order valence-corrected chi connectivity index (χ2v) is 6.30. The van der Waals surface area contributed by atoms with Gasteiger partial charge in [0, 0.05) is 17.8 Å². The van der Waals surface area contributed by atoms with Crippen molar-refractivity contribution in [3.63, 3.8) is 0 Å². The van der Waals surface area contributed by atoms with Crippen molar-refractivity contribution in [3.05, 3.63) is 40.5 Å². The maximum Gasteiger partial charge on any atom is 0.229 e. The van der Waals surface area contributed by atoms with E-state index in [2.05, 4.69) is 39.6 Å². The molecule has 5 nitrogen and oxygen atoms in total. The lowest BCUT2D eigenvalue weighted by Crippen LogP contribution is -2.14. The highest BCUT2D eigenvalue weighted by atomic mass is 35.5. The quantitative estimate of drug-likeness (QED) is 0.693. The lowest BCUT2D eigenvalue weighted by Gasteiger charge is -2.11. The molecule has 0 aliphatic rings. The fraction of sp³-hybridized carbons (Fsp3) is 0.375. The van der Waals surface area contributed by atoms with Gasteiger partial charge in [-0.2, -0.15) is 4.98 Å². The third-order valence-electron chi connectivity index (χ3n) is 3.17. The molecule has 124 valence electrons. The molecule has 0 unspecified atom stereocenters. The SMILES string of the molecule is CN(C)CCCCNc1ccnc(Nc2ccc(Cl)cc2Cl)n1. The molecule has 0 saturated carbocycles. The van der Waals surface area contributed by atoms with Crippen LogP contribution < -0.4 is 10.6 Å². The van der Waals surface area contributed by atoms with Gasteiger partial charge in [-0.05, 0) is 57.7 Å². The van der Waals surface area contributed by atoms with Crippen LogP contribution in [0.1, 0.15) is 12.8 Å². The van der Waals surface area contributed by atoms with Crippen LogP contribution in [0, 0.1) is 0 Å². The first-order chi connectivity index (χ1) is 11.0. The summed E-state index contributed by atoms with van der Waals surface area (Å²) >= 11 is 12.0. The van der Waals surface area contributed by atoms with Crippen molar-refractivity contribution in [2.75, 3.05) is 37.8 Å². The molecule has 1 heterocycles. The Balaban J connectivity index is 1.89. The summed E-state index contributed by atoms with van der Waals surface area (Å²) in [6, 6.07) is 7.09. The minimum absolute atomic E-state index is 0.493. The third kappa shape index (κ3) is 6.22. The molecule has 2 N–H and O–H groups in total. The summed E-state index contributed by atoms with van der Waals surface area (Å²) in [7, 11) is 4.16. The molecule has 0 aliphatic heterocycles. The summed E-state index contributed by atoms with van der Waals surface area (Å²) in [5.74, 6) is 1.28. The molecular weight excluding hydrogens is 333 g/mol. The van der Waals surface area contributed by atoms with Crippen LogP contribution in [0.15, 0.2) is 30.5 Å². The number of nitrogens with zero attached hydrogens (tertiary/aromatic N) is 3. The Kier molecular flexibility index (Phi) is 6.89. The van der Waals surface area contributed by atoms with Crippen LogP contribution in [0.5, 0.6) is 0 Å². The van der Waals surface area contributed by atoms with Gasteiger partial charge in [0.1, 0.15) is 5.82 Å². The fourth-order valence-corrected chi connectivity index (χ4v) is 2.45. The maximum atomic E-state index is 6.14. The van der Waals surface area contributed by atoms with Gasteiger partial charge in [-0.15, -0.1) is 0 Å². The maximum absolute atomic E-state index is 6.14. The van der Waals surface area contributed by atoms with Crippen LogP contribution in [0.3, 0.4) is 0 Å². The lowest BCUT2D eigenvalue weighted by atomic mass is 10.3. The van der Waals surface area contributed by atoms with E-state index in [1.54, 1.807) is 24.4 Å². The molecule has 2 rings (SSSR count). The van der Waals surface area contributed by atoms with E-state index < -0.39 is 0 Å². The molecule has 0 bridgehead atoms. The number of aromatic nitrogens is 2. The number of unbranched alkanes of at least 4 members (excludes halogenated alkanes) is 1. The van der Waals surface area contributed by atoms with Crippen molar-refractivity contribution in [1.29, 1.82) is 0 Å². The first-order valence-corrected chi connectivity index (χ1v) is 8.24. The van der Waals surface area contributed by atoms with E-state index in [4.69, 9.17) is 23.2 Å². The highest BCUT2D eigenvalue weighted by molar-refractivity contribution is 6.36. The topological polar surface area (TPSA) is 53.1 Å². The van der Waals surface area contributed by atoms with Gasteiger partial charge in [0.2, 0.25) is 5.95 Å². The Bertz CT molecular complexity index is 634. The van der Waals surface area contributed by atoms with Crippen LogP contribution in [0.2, 0.25) is 10.0 Å². The van der Waals surface area contributed by atoms with E-state index in [-0.39, 0.29) is 0 Å². The van der Waals surface area contributed by atoms with Crippen molar-refractivity contribution < 1.29 is 0 Å². The molecule has 2 aromatic rings. The van der Waals surface area contributed by atoms with E-state index >= 15 is 0 Å². The van der Waals surface area contributed by atoms with E-state index in [1.807, 2.05) is 6.07 Å². The molecule has 0 fully saturated rings. The van der Waals surface area contributed by atoms with E-state index in [0.29, 0.717) is 16.0 Å². The normalized spacial score (nSPS) is 10.8.